The van der Waals surface area contributed by atoms with Gasteiger partial charge in [0.1, 0.15) is 5.76 Å². The van der Waals surface area contributed by atoms with Gasteiger partial charge in [-0.2, -0.15) is 0 Å². The van der Waals surface area contributed by atoms with Gasteiger partial charge in [-0.3, -0.25) is 9.79 Å². The average molecular weight is 330 g/mol. The Kier molecular flexibility index (Phi) is 5.07. The lowest BCUT2D eigenvalue weighted by Crippen LogP contribution is -2.44. The van der Waals surface area contributed by atoms with Crippen LogP contribution in [-0.2, 0) is 9.53 Å². The van der Waals surface area contributed by atoms with Crippen LogP contribution >= 0.6 is 0 Å². The molecule has 1 atom stereocenters. The van der Waals surface area contributed by atoms with Crippen LogP contribution in [0.2, 0.25) is 0 Å². The number of rotatable bonds is 2. The number of ether oxygens (including phenoxy) is 1. The second-order valence-electron chi connectivity index (χ2n) is 6.57. The van der Waals surface area contributed by atoms with Crippen molar-refractivity contribution in [1.82, 2.24) is 4.90 Å². The molecular weight excluding hydrogens is 308 g/mol. The SMILES string of the molecule is COC(=O)N1C(=O)C(C=NC(C)(C)C)=C(O)CC1c1ccccc1. The fourth-order valence-corrected chi connectivity index (χ4v) is 2.42. The van der Waals surface area contributed by atoms with Crippen LogP contribution in [0.15, 0.2) is 46.7 Å². The number of hydrogen-bond donors (Lipinski definition) is 1. The van der Waals surface area contributed by atoms with Gasteiger partial charge in [-0.15, -0.1) is 0 Å². The average Bonchev–Trinajstić information content (AvgIpc) is 2.53. The van der Waals surface area contributed by atoms with Crippen molar-refractivity contribution >= 4 is 18.2 Å². The summed E-state index contributed by atoms with van der Waals surface area (Å²) in [5, 5.41) is 10.3. The molecule has 0 spiro atoms. The summed E-state index contributed by atoms with van der Waals surface area (Å²) < 4.78 is 4.76. The smallest absolute Gasteiger partial charge is 0.417 e. The number of nitrogens with zero attached hydrogens (tertiary/aromatic N) is 2. The van der Waals surface area contributed by atoms with Gasteiger partial charge in [-0.25, -0.2) is 9.69 Å². The third-order valence-electron chi connectivity index (χ3n) is 3.60. The number of methoxy groups -OCH3 is 1. The summed E-state index contributed by atoms with van der Waals surface area (Å²) in [4.78, 5) is 30.2. The molecule has 2 rings (SSSR count). The van der Waals surface area contributed by atoms with E-state index in [-0.39, 0.29) is 17.8 Å². The molecular formula is C18H22N2O4. The zero-order chi connectivity index (χ0) is 17.9. The molecule has 0 radical (unpaired) electrons. The molecule has 0 aromatic heterocycles. The zero-order valence-electron chi connectivity index (χ0n) is 14.3. The first-order valence-electron chi connectivity index (χ1n) is 7.68. The quantitative estimate of drug-likeness (QED) is 0.843. The van der Waals surface area contributed by atoms with Gasteiger partial charge in [0.15, 0.2) is 0 Å². The lowest BCUT2D eigenvalue weighted by atomic mass is 9.94. The van der Waals surface area contributed by atoms with Crippen LogP contribution in [0.4, 0.5) is 4.79 Å². The van der Waals surface area contributed by atoms with E-state index in [1.165, 1.54) is 13.3 Å². The van der Waals surface area contributed by atoms with Crippen molar-refractivity contribution in [2.75, 3.05) is 7.11 Å². The molecule has 1 unspecified atom stereocenters. The molecule has 1 aromatic carbocycles. The van der Waals surface area contributed by atoms with Crippen molar-refractivity contribution < 1.29 is 19.4 Å². The van der Waals surface area contributed by atoms with Gasteiger partial charge in [0.05, 0.1) is 24.3 Å². The maximum absolute atomic E-state index is 12.8. The summed E-state index contributed by atoms with van der Waals surface area (Å²) in [7, 11) is 1.22. The molecule has 0 saturated heterocycles. The number of amides is 2. The van der Waals surface area contributed by atoms with Crippen molar-refractivity contribution in [2.24, 2.45) is 4.99 Å². The minimum Gasteiger partial charge on any atom is -0.511 e. The summed E-state index contributed by atoms with van der Waals surface area (Å²) in [6.45, 7) is 5.62. The first-order valence-corrected chi connectivity index (χ1v) is 7.68. The highest BCUT2D eigenvalue weighted by molar-refractivity contribution is 6.17. The molecule has 0 saturated carbocycles. The topological polar surface area (TPSA) is 79.2 Å². The molecule has 6 heteroatoms. The van der Waals surface area contributed by atoms with Gasteiger partial charge in [-0.1, -0.05) is 30.3 Å². The maximum atomic E-state index is 12.8. The molecule has 0 aliphatic carbocycles. The number of hydrogen-bond acceptors (Lipinski definition) is 5. The number of benzene rings is 1. The fraction of sp³-hybridized carbons (Fsp3) is 0.389. The van der Waals surface area contributed by atoms with Crippen molar-refractivity contribution in [2.45, 2.75) is 38.8 Å². The number of imide groups is 1. The predicted molar refractivity (Wildman–Crippen MR) is 91.0 cm³/mol. The maximum Gasteiger partial charge on any atom is 0.417 e. The summed E-state index contributed by atoms with van der Waals surface area (Å²) in [6.07, 6.45) is 0.688. The lowest BCUT2D eigenvalue weighted by molar-refractivity contribution is -0.128. The van der Waals surface area contributed by atoms with E-state index in [2.05, 4.69) is 4.99 Å². The minimum atomic E-state index is -0.761. The summed E-state index contributed by atoms with van der Waals surface area (Å²) in [5.41, 5.74) is 0.358. The van der Waals surface area contributed by atoms with Crippen LogP contribution in [0.25, 0.3) is 0 Å². The van der Waals surface area contributed by atoms with Crippen molar-refractivity contribution in [3.8, 4) is 0 Å². The number of aliphatic hydroxyl groups is 1. The highest BCUT2D eigenvalue weighted by Crippen LogP contribution is 2.34. The molecule has 1 aromatic rings. The molecule has 1 heterocycles. The van der Waals surface area contributed by atoms with Crippen molar-refractivity contribution in [3.05, 3.63) is 47.2 Å². The molecule has 1 aliphatic rings. The Balaban J connectivity index is 2.46. The van der Waals surface area contributed by atoms with Gasteiger partial charge in [0, 0.05) is 12.6 Å². The van der Waals surface area contributed by atoms with E-state index in [9.17, 15) is 14.7 Å². The van der Waals surface area contributed by atoms with Gasteiger partial charge < -0.3 is 9.84 Å². The van der Waals surface area contributed by atoms with E-state index in [1.54, 1.807) is 12.1 Å². The van der Waals surface area contributed by atoms with Gasteiger partial charge >= 0.3 is 6.09 Å². The van der Waals surface area contributed by atoms with E-state index in [1.807, 2.05) is 39.0 Å². The molecule has 1 aliphatic heterocycles. The Morgan fingerprint density at radius 1 is 1.33 bits per heavy atom. The van der Waals surface area contributed by atoms with Crippen molar-refractivity contribution in [3.63, 3.8) is 0 Å². The summed E-state index contributed by atoms with van der Waals surface area (Å²) in [5.74, 6) is -0.700. The Bertz CT molecular complexity index is 687. The normalized spacial score (nSPS) is 19.1. The molecule has 24 heavy (non-hydrogen) atoms. The first-order chi connectivity index (χ1) is 11.2. The van der Waals surface area contributed by atoms with E-state index >= 15 is 0 Å². The summed E-state index contributed by atoms with van der Waals surface area (Å²) >= 11 is 0. The lowest BCUT2D eigenvalue weighted by Gasteiger charge is -2.33. The monoisotopic (exact) mass is 330 g/mol. The number of aliphatic imine (C=N–C) groups is 1. The second-order valence-corrected chi connectivity index (χ2v) is 6.57. The van der Waals surface area contributed by atoms with E-state index < -0.39 is 23.6 Å². The fourth-order valence-electron chi connectivity index (χ4n) is 2.42. The largest absolute Gasteiger partial charge is 0.511 e. The summed E-state index contributed by atoms with van der Waals surface area (Å²) in [6, 6.07) is 8.45. The van der Waals surface area contributed by atoms with Gasteiger partial charge in [0.2, 0.25) is 0 Å². The Morgan fingerprint density at radius 3 is 2.50 bits per heavy atom. The van der Waals surface area contributed by atoms with Gasteiger partial charge in [-0.05, 0) is 26.3 Å². The van der Waals surface area contributed by atoms with Crippen molar-refractivity contribution in [1.29, 1.82) is 0 Å². The van der Waals surface area contributed by atoms with Crippen LogP contribution in [0.1, 0.15) is 38.8 Å². The van der Waals surface area contributed by atoms with Gasteiger partial charge in [0.25, 0.3) is 5.91 Å². The highest BCUT2D eigenvalue weighted by Gasteiger charge is 2.39. The third kappa shape index (κ3) is 3.82. The van der Waals surface area contributed by atoms with Crippen LogP contribution in [0.3, 0.4) is 0 Å². The molecule has 0 fully saturated rings. The minimum absolute atomic E-state index is 0.0162. The van der Waals surface area contributed by atoms with Crippen LogP contribution in [0, 0.1) is 0 Å². The highest BCUT2D eigenvalue weighted by atomic mass is 16.5. The third-order valence-corrected chi connectivity index (χ3v) is 3.60. The zero-order valence-corrected chi connectivity index (χ0v) is 14.3. The molecule has 2 amide bonds. The molecule has 0 bridgehead atoms. The molecule has 6 nitrogen and oxygen atoms in total. The Hall–Kier alpha value is -2.63. The number of carbonyl (C=O) groups excluding carboxylic acids is 2. The van der Waals surface area contributed by atoms with E-state index in [0.717, 1.165) is 10.5 Å². The molecule has 128 valence electrons. The Labute approximate surface area is 141 Å². The van der Waals surface area contributed by atoms with E-state index in [0.29, 0.717) is 0 Å². The van der Waals surface area contributed by atoms with Crippen LogP contribution in [-0.4, -0.2) is 40.9 Å². The molecule has 1 N–H and O–H groups in total. The van der Waals surface area contributed by atoms with Crippen LogP contribution in [0.5, 0.6) is 0 Å². The van der Waals surface area contributed by atoms with Crippen LogP contribution < -0.4 is 0 Å². The predicted octanol–water partition coefficient (Wildman–Crippen LogP) is 3.41. The number of aliphatic hydroxyl groups excluding tert-OH is 1. The standard InChI is InChI=1S/C18H22N2O4/c1-18(2,3)19-11-13-15(21)10-14(12-8-6-5-7-9-12)20(16(13)22)17(23)24-4/h5-9,11,14,21H,10H2,1-4H3. The van der Waals surface area contributed by atoms with E-state index in [4.69, 9.17) is 4.74 Å². The second kappa shape index (κ2) is 6.86. The Morgan fingerprint density at radius 2 is 1.96 bits per heavy atom. The first kappa shape index (κ1) is 17.7. The number of carbonyl (C=O) groups is 2.